The zero-order valence-electron chi connectivity index (χ0n) is 15.3. The number of aromatic nitrogens is 2. The third kappa shape index (κ3) is 3.81. The van der Waals surface area contributed by atoms with Crippen molar-refractivity contribution in [3.63, 3.8) is 0 Å². The van der Waals surface area contributed by atoms with E-state index in [1.54, 1.807) is 6.07 Å². The summed E-state index contributed by atoms with van der Waals surface area (Å²) in [5, 5.41) is 10.2. The lowest BCUT2D eigenvalue weighted by Gasteiger charge is -2.39. The zero-order valence-corrected chi connectivity index (χ0v) is 16.0. The van der Waals surface area contributed by atoms with Crippen LogP contribution in [-0.4, -0.2) is 29.6 Å². The van der Waals surface area contributed by atoms with E-state index in [9.17, 15) is 13.2 Å². The summed E-state index contributed by atoms with van der Waals surface area (Å²) < 4.78 is 39.1. The lowest BCUT2D eigenvalue weighted by molar-refractivity contribution is -0.137. The van der Waals surface area contributed by atoms with Crippen molar-refractivity contribution in [3.8, 4) is 0 Å². The van der Waals surface area contributed by atoms with Crippen molar-refractivity contribution >= 4 is 17.4 Å². The van der Waals surface area contributed by atoms with E-state index in [1.165, 1.54) is 12.1 Å². The van der Waals surface area contributed by atoms with Crippen molar-refractivity contribution in [2.75, 3.05) is 25.0 Å². The maximum absolute atomic E-state index is 13.0. The van der Waals surface area contributed by atoms with Crippen LogP contribution >= 0.6 is 11.6 Å². The van der Waals surface area contributed by atoms with Gasteiger partial charge in [-0.3, -0.25) is 0 Å². The summed E-state index contributed by atoms with van der Waals surface area (Å²) in [5.41, 5.74) is 1.74. The molecule has 2 aromatic rings. The SMILES string of the molecule is CC(Nc1nc(Cl)nc2c1C(C1CNC1)NCC2)c1cccc(C(F)(F)F)c1. The number of hydrogen-bond acceptors (Lipinski definition) is 5. The average molecular weight is 412 g/mol. The van der Waals surface area contributed by atoms with Gasteiger partial charge in [0.2, 0.25) is 5.28 Å². The molecule has 1 aromatic heterocycles. The van der Waals surface area contributed by atoms with Crippen molar-refractivity contribution in [1.29, 1.82) is 0 Å². The summed E-state index contributed by atoms with van der Waals surface area (Å²) >= 11 is 6.13. The minimum atomic E-state index is -4.38. The van der Waals surface area contributed by atoms with Crippen LogP contribution in [-0.2, 0) is 12.6 Å². The van der Waals surface area contributed by atoms with Crippen LogP contribution in [0.2, 0.25) is 5.28 Å². The molecule has 3 heterocycles. The molecule has 1 aromatic carbocycles. The molecule has 5 nitrogen and oxygen atoms in total. The number of rotatable bonds is 4. The van der Waals surface area contributed by atoms with Gasteiger partial charge in [0.25, 0.3) is 0 Å². The Morgan fingerprint density at radius 1 is 1.25 bits per heavy atom. The molecule has 2 atom stereocenters. The highest BCUT2D eigenvalue weighted by Gasteiger charge is 2.35. The van der Waals surface area contributed by atoms with Crippen molar-refractivity contribution < 1.29 is 13.2 Å². The number of alkyl halides is 3. The fourth-order valence-electron chi connectivity index (χ4n) is 3.78. The first-order valence-corrected chi connectivity index (χ1v) is 9.65. The Hall–Kier alpha value is -1.90. The number of anilines is 1. The molecular weight excluding hydrogens is 391 g/mol. The van der Waals surface area contributed by atoms with Crippen LogP contribution in [0.5, 0.6) is 0 Å². The van der Waals surface area contributed by atoms with Gasteiger partial charge < -0.3 is 16.0 Å². The van der Waals surface area contributed by atoms with Crippen LogP contribution in [0, 0.1) is 5.92 Å². The molecule has 150 valence electrons. The van der Waals surface area contributed by atoms with E-state index in [0.717, 1.165) is 43.4 Å². The molecule has 4 rings (SSSR count). The third-order valence-electron chi connectivity index (χ3n) is 5.39. The maximum atomic E-state index is 13.0. The Morgan fingerprint density at radius 2 is 2.04 bits per heavy atom. The Labute approximate surface area is 166 Å². The second-order valence-corrected chi connectivity index (χ2v) is 7.63. The molecule has 0 radical (unpaired) electrons. The highest BCUT2D eigenvalue weighted by atomic mass is 35.5. The molecule has 2 aliphatic rings. The third-order valence-corrected chi connectivity index (χ3v) is 5.56. The van der Waals surface area contributed by atoms with Gasteiger partial charge in [-0.15, -0.1) is 0 Å². The molecule has 0 saturated carbocycles. The number of fused-ring (bicyclic) bond motifs is 1. The number of nitrogens with zero attached hydrogens (tertiary/aromatic N) is 2. The fraction of sp³-hybridized carbons (Fsp3) is 0.474. The van der Waals surface area contributed by atoms with Gasteiger partial charge in [0, 0.05) is 49.6 Å². The quantitative estimate of drug-likeness (QED) is 0.669. The lowest BCUT2D eigenvalue weighted by Crippen LogP contribution is -2.51. The molecule has 0 spiro atoms. The summed E-state index contributed by atoms with van der Waals surface area (Å²) in [5.74, 6) is 1.01. The van der Waals surface area contributed by atoms with Crippen LogP contribution < -0.4 is 16.0 Å². The summed E-state index contributed by atoms with van der Waals surface area (Å²) in [7, 11) is 0. The summed E-state index contributed by atoms with van der Waals surface area (Å²) in [6.07, 6.45) is -3.64. The summed E-state index contributed by atoms with van der Waals surface area (Å²) in [6, 6.07) is 5.05. The minimum absolute atomic E-state index is 0.0958. The van der Waals surface area contributed by atoms with Crippen molar-refractivity contribution in [2.24, 2.45) is 5.92 Å². The predicted octanol–water partition coefficient (Wildman–Crippen LogP) is 3.73. The van der Waals surface area contributed by atoms with E-state index in [0.29, 0.717) is 17.3 Å². The van der Waals surface area contributed by atoms with E-state index < -0.39 is 11.7 Å². The Kier molecular flexibility index (Phi) is 5.20. The summed E-state index contributed by atoms with van der Waals surface area (Å²) in [6.45, 7) is 4.43. The monoisotopic (exact) mass is 411 g/mol. The Balaban J connectivity index is 1.65. The highest BCUT2D eigenvalue weighted by Crippen LogP contribution is 2.37. The molecule has 3 N–H and O–H groups in total. The van der Waals surface area contributed by atoms with E-state index >= 15 is 0 Å². The van der Waals surface area contributed by atoms with Crippen LogP contribution in [0.4, 0.5) is 19.0 Å². The van der Waals surface area contributed by atoms with Crippen LogP contribution in [0.1, 0.15) is 41.4 Å². The molecular formula is C19H21ClF3N5. The van der Waals surface area contributed by atoms with Crippen molar-refractivity contribution in [3.05, 3.63) is 51.9 Å². The first-order chi connectivity index (χ1) is 13.3. The normalized spacial score (nSPS) is 21.0. The van der Waals surface area contributed by atoms with E-state index in [-0.39, 0.29) is 17.4 Å². The molecule has 2 unspecified atom stereocenters. The van der Waals surface area contributed by atoms with Gasteiger partial charge in [0.1, 0.15) is 5.82 Å². The van der Waals surface area contributed by atoms with Crippen molar-refractivity contribution in [1.82, 2.24) is 20.6 Å². The van der Waals surface area contributed by atoms with E-state index in [1.807, 2.05) is 6.92 Å². The fourth-order valence-corrected chi connectivity index (χ4v) is 3.97. The Bertz CT molecular complexity index is 869. The average Bonchev–Trinajstić information content (AvgIpc) is 2.59. The molecule has 9 heteroatoms. The topological polar surface area (TPSA) is 61.9 Å². The number of benzene rings is 1. The molecule has 0 aliphatic carbocycles. The summed E-state index contributed by atoms with van der Waals surface area (Å²) in [4.78, 5) is 8.77. The smallest absolute Gasteiger partial charge is 0.363 e. The molecule has 0 amide bonds. The molecule has 1 fully saturated rings. The van der Waals surface area contributed by atoms with Gasteiger partial charge in [0.05, 0.1) is 11.3 Å². The predicted molar refractivity (Wildman–Crippen MR) is 101 cm³/mol. The van der Waals surface area contributed by atoms with Crippen LogP contribution in [0.15, 0.2) is 24.3 Å². The lowest BCUT2D eigenvalue weighted by atomic mass is 9.85. The van der Waals surface area contributed by atoms with E-state index in [4.69, 9.17) is 11.6 Å². The first kappa shape index (κ1) is 19.4. The van der Waals surface area contributed by atoms with E-state index in [2.05, 4.69) is 25.9 Å². The van der Waals surface area contributed by atoms with Crippen molar-refractivity contribution in [2.45, 2.75) is 31.6 Å². The minimum Gasteiger partial charge on any atom is -0.363 e. The maximum Gasteiger partial charge on any atom is 0.416 e. The second-order valence-electron chi connectivity index (χ2n) is 7.29. The molecule has 1 saturated heterocycles. The van der Waals surface area contributed by atoms with Gasteiger partial charge in [0.15, 0.2) is 0 Å². The van der Waals surface area contributed by atoms with Gasteiger partial charge in [-0.1, -0.05) is 12.1 Å². The molecule has 0 bridgehead atoms. The van der Waals surface area contributed by atoms with Crippen LogP contribution in [0.3, 0.4) is 0 Å². The first-order valence-electron chi connectivity index (χ1n) is 9.27. The largest absolute Gasteiger partial charge is 0.416 e. The molecule has 2 aliphatic heterocycles. The second kappa shape index (κ2) is 7.50. The zero-order chi connectivity index (χ0) is 19.9. The van der Waals surface area contributed by atoms with Gasteiger partial charge in [-0.25, -0.2) is 9.97 Å². The number of nitrogens with one attached hydrogen (secondary N) is 3. The number of halogens is 4. The standard InChI is InChI=1S/C19H21ClF3N5/c1-10(11-3-2-4-13(7-11)19(21,22)23)26-17-15-14(27-18(20)28-17)5-6-25-16(15)12-8-24-9-12/h2-4,7,10,12,16,24-25H,5-6,8-9H2,1H3,(H,26,27,28). The molecule has 28 heavy (non-hydrogen) atoms. The Morgan fingerprint density at radius 3 is 2.71 bits per heavy atom. The van der Waals surface area contributed by atoms with Crippen LogP contribution in [0.25, 0.3) is 0 Å². The van der Waals surface area contributed by atoms with Gasteiger partial charge in [-0.2, -0.15) is 13.2 Å². The highest BCUT2D eigenvalue weighted by molar-refractivity contribution is 6.28. The van der Waals surface area contributed by atoms with Gasteiger partial charge in [-0.05, 0) is 36.2 Å². The van der Waals surface area contributed by atoms with Gasteiger partial charge >= 0.3 is 6.18 Å². The number of hydrogen-bond donors (Lipinski definition) is 3.